The Bertz CT molecular complexity index is 1010. The largest absolute Gasteiger partial charge is 0.349 e. The minimum Gasteiger partial charge on any atom is -0.349 e. The third-order valence-corrected chi connectivity index (χ3v) is 5.06. The first-order valence-corrected chi connectivity index (χ1v) is 8.73. The van der Waals surface area contributed by atoms with Crippen molar-refractivity contribution in [1.82, 2.24) is 9.55 Å². The number of rotatable bonds is 2. The highest BCUT2D eigenvalue weighted by Crippen LogP contribution is 2.40. The topological polar surface area (TPSA) is 29.9 Å². The highest BCUT2D eigenvalue weighted by molar-refractivity contribution is 5.79. The van der Waals surface area contributed by atoms with E-state index < -0.39 is 0 Å². The van der Waals surface area contributed by atoms with Gasteiger partial charge in [0.25, 0.3) is 0 Å². The fourth-order valence-corrected chi connectivity index (χ4v) is 3.87. The fourth-order valence-electron chi connectivity index (χ4n) is 3.87. The Kier molecular flexibility index (Phi) is 3.30. The second-order valence-electron chi connectivity index (χ2n) is 6.56. The summed E-state index contributed by atoms with van der Waals surface area (Å²) < 4.78 is 2.35. The zero-order chi connectivity index (χ0) is 16.6. The van der Waals surface area contributed by atoms with Crippen molar-refractivity contribution in [2.45, 2.75) is 18.5 Å². The maximum Gasteiger partial charge on any atom is 0.204 e. The van der Waals surface area contributed by atoms with Crippen molar-refractivity contribution in [3.63, 3.8) is 0 Å². The molecule has 1 aromatic heterocycles. The quantitative estimate of drug-likeness (QED) is 0.550. The molecule has 4 aromatic rings. The van der Waals surface area contributed by atoms with Crippen LogP contribution in [0.3, 0.4) is 0 Å². The average Bonchev–Trinajstić information content (AvgIpc) is 3.07. The molecule has 1 aliphatic heterocycles. The number of aromatic nitrogens is 2. The van der Waals surface area contributed by atoms with E-state index in [1.807, 2.05) is 6.07 Å². The summed E-state index contributed by atoms with van der Waals surface area (Å²) in [6.07, 6.45) is 1.00. The number of hydrogen-bond acceptors (Lipinski definition) is 2. The minimum atomic E-state index is 0.260. The molecule has 0 spiro atoms. The van der Waals surface area contributed by atoms with E-state index in [0.717, 1.165) is 17.9 Å². The van der Waals surface area contributed by atoms with Gasteiger partial charge in [0.1, 0.15) is 0 Å². The van der Waals surface area contributed by atoms with Crippen LogP contribution in [0.4, 0.5) is 5.95 Å². The van der Waals surface area contributed by atoms with Crippen molar-refractivity contribution < 1.29 is 0 Å². The van der Waals surface area contributed by atoms with Crippen LogP contribution in [0, 0.1) is 0 Å². The summed E-state index contributed by atoms with van der Waals surface area (Å²) in [5.41, 5.74) is 4.86. The molecule has 0 unspecified atom stereocenters. The van der Waals surface area contributed by atoms with Gasteiger partial charge in [0, 0.05) is 0 Å². The van der Waals surface area contributed by atoms with Gasteiger partial charge < -0.3 is 9.88 Å². The number of anilines is 1. The second-order valence-corrected chi connectivity index (χ2v) is 6.56. The number of imidazole rings is 1. The van der Waals surface area contributed by atoms with Gasteiger partial charge in [-0.25, -0.2) is 4.98 Å². The lowest BCUT2D eigenvalue weighted by Gasteiger charge is -2.33. The van der Waals surface area contributed by atoms with Crippen LogP contribution in [0.5, 0.6) is 0 Å². The summed E-state index contributed by atoms with van der Waals surface area (Å²) in [6.45, 7) is 0. The van der Waals surface area contributed by atoms with Gasteiger partial charge in [0.15, 0.2) is 0 Å². The van der Waals surface area contributed by atoms with Crippen LogP contribution in [0.25, 0.3) is 11.0 Å². The molecule has 3 aromatic carbocycles. The molecule has 2 atom stereocenters. The van der Waals surface area contributed by atoms with Crippen LogP contribution in [0.15, 0.2) is 84.9 Å². The van der Waals surface area contributed by atoms with Gasteiger partial charge in [-0.05, 0) is 29.7 Å². The monoisotopic (exact) mass is 325 g/mol. The van der Waals surface area contributed by atoms with Gasteiger partial charge in [-0.2, -0.15) is 0 Å². The van der Waals surface area contributed by atoms with E-state index in [9.17, 15) is 0 Å². The summed E-state index contributed by atoms with van der Waals surface area (Å²) in [7, 11) is 0. The van der Waals surface area contributed by atoms with E-state index in [4.69, 9.17) is 4.98 Å². The number of nitrogens with zero attached hydrogens (tertiary/aromatic N) is 2. The van der Waals surface area contributed by atoms with Crippen LogP contribution in [0.1, 0.15) is 29.6 Å². The first kappa shape index (κ1) is 14.3. The fraction of sp³-hybridized carbons (Fsp3) is 0.136. The van der Waals surface area contributed by atoms with E-state index >= 15 is 0 Å². The van der Waals surface area contributed by atoms with Crippen LogP contribution < -0.4 is 5.32 Å². The lowest BCUT2D eigenvalue weighted by Crippen LogP contribution is -2.27. The molecule has 0 bridgehead atoms. The van der Waals surface area contributed by atoms with Crippen molar-refractivity contribution in [3.05, 3.63) is 96.1 Å². The molecular weight excluding hydrogens is 306 g/mol. The maximum atomic E-state index is 4.86. The Hall–Kier alpha value is -3.07. The van der Waals surface area contributed by atoms with E-state index in [-0.39, 0.29) is 12.1 Å². The Balaban J connectivity index is 1.68. The molecule has 0 saturated carbocycles. The Labute approximate surface area is 147 Å². The first-order chi connectivity index (χ1) is 12.4. The third kappa shape index (κ3) is 2.40. The molecular formula is C22H19N3. The van der Waals surface area contributed by atoms with Crippen molar-refractivity contribution >= 4 is 17.0 Å². The number of benzene rings is 3. The molecule has 25 heavy (non-hydrogen) atoms. The molecule has 0 aliphatic carbocycles. The van der Waals surface area contributed by atoms with Crippen molar-refractivity contribution in [3.8, 4) is 0 Å². The van der Waals surface area contributed by atoms with Crippen molar-refractivity contribution in [1.29, 1.82) is 0 Å². The van der Waals surface area contributed by atoms with Gasteiger partial charge in [-0.1, -0.05) is 72.8 Å². The Morgan fingerprint density at radius 2 is 1.40 bits per heavy atom. The smallest absolute Gasteiger partial charge is 0.204 e. The SMILES string of the molecule is c1ccc([C@H]2C[C@H](c3ccccc3)Nc3nc4ccccc4n32)cc1. The van der Waals surface area contributed by atoms with Gasteiger partial charge in [-0.15, -0.1) is 0 Å². The van der Waals surface area contributed by atoms with Crippen LogP contribution >= 0.6 is 0 Å². The van der Waals surface area contributed by atoms with E-state index in [1.165, 1.54) is 16.6 Å². The lowest BCUT2D eigenvalue weighted by atomic mass is 9.93. The van der Waals surface area contributed by atoms with E-state index in [0.29, 0.717) is 0 Å². The van der Waals surface area contributed by atoms with E-state index in [1.54, 1.807) is 0 Å². The normalized spacial score (nSPS) is 19.4. The van der Waals surface area contributed by atoms with Gasteiger partial charge in [0.05, 0.1) is 23.1 Å². The number of nitrogens with one attached hydrogen (secondary N) is 1. The molecule has 0 amide bonds. The van der Waals surface area contributed by atoms with Crippen LogP contribution in [0.2, 0.25) is 0 Å². The van der Waals surface area contributed by atoms with Crippen LogP contribution in [-0.2, 0) is 0 Å². The Morgan fingerprint density at radius 1 is 0.760 bits per heavy atom. The molecule has 3 nitrogen and oxygen atoms in total. The molecule has 122 valence electrons. The molecule has 0 fully saturated rings. The number of hydrogen-bond donors (Lipinski definition) is 1. The standard InChI is InChI=1S/C22H19N3/c1-3-9-16(10-4-1)19-15-21(17-11-5-2-6-12-17)25-20-14-8-7-13-18(20)23-22(25)24-19/h1-14,19,21H,15H2,(H,23,24)/t19-,21-/m1/s1. The molecule has 2 heterocycles. The van der Waals surface area contributed by atoms with Gasteiger partial charge >= 0.3 is 0 Å². The summed E-state index contributed by atoms with van der Waals surface area (Å²) in [5, 5.41) is 3.65. The maximum absolute atomic E-state index is 4.86. The van der Waals surface area contributed by atoms with Crippen LogP contribution in [-0.4, -0.2) is 9.55 Å². The van der Waals surface area contributed by atoms with Crippen molar-refractivity contribution in [2.24, 2.45) is 0 Å². The molecule has 5 rings (SSSR count). The zero-order valence-electron chi connectivity index (χ0n) is 13.8. The highest BCUT2D eigenvalue weighted by atomic mass is 15.3. The van der Waals surface area contributed by atoms with Gasteiger partial charge in [0.2, 0.25) is 5.95 Å². The molecule has 0 saturated heterocycles. The lowest BCUT2D eigenvalue weighted by molar-refractivity contribution is 0.477. The third-order valence-electron chi connectivity index (χ3n) is 5.06. The average molecular weight is 325 g/mol. The number of fused-ring (bicyclic) bond motifs is 3. The second kappa shape index (κ2) is 5.78. The number of para-hydroxylation sites is 2. The van der Waals surface area contributed by atoms with Gasteiger partial charge in [-0.3, -0.25) is 0 Å². The predicted octanol–water partition coefficient (Wildman–Crippen LogP) is 5.18. The Morgan fingerprint density at radius 3 is 2.16 bits per heavy atom. The molecule has 3 heteroatoms. The minimum absolute atomic E-state index is 0.260. The predicted molar refractivity (Wildman–Crippen MR) is 102 cm³/mol. The highest BCUT2D eigenvalue weighted by Gasteiger charge is 2.30. The summed E-state index contributed by atoms with van der Waals surface area (Å²) >= 11 is 0. The summed E-state index contributed by atoms with van der Waals surface area (Å²) in [5.74, 6) is 0.954. The molecule has 1 N–H and O–H groups in total. The molecule has 0 radical (unpaired) electrons. The first-order valence-electron chi connectivity index (χ1n) is 8.73. The summed E-state index contributed by atoms with van der Waals surface area (Å²) in [4.78, 5) is 4.86. The van der Waals surface area contributed by atoms with Crippen molar-refractivity contribution in [2.75, 3.05) is 5.32 Å². The molecule has 1 aliphatic rings. The summed E-state index contributed by atoms with van der Waals surface area (Å²) in [6, 6.07) is 30.3. The van der Waals surface area contributed by atoms with E-state index in [2.05, 4.69) is 88.7 Å². The zero-order valence-corrected chi connectivity index (χ0v) is 13.8.